The zero-order chi connectivity index (χ0) is 22.7. The number of carbonyl (C=O) groups is 3. The lowest BCUT2D eigenvalue weighted by Crippen LogP contribution is -2.61. The Labute approximate surface area is 185 Å². The molecule has 1 fully saturated rings. The van der Waals surface area contributed by atoms with E-state index in [4.69, 9.17) is 9.47 Å². The average Bonchev–Trinajstić information content (AvgIpc) is 3.39. The molecule has 32 heavy (non-hydrogen) atoms. The third-order valence-electron chi connectivity index (χ3n) is 6.15. The average molecular weight is 438 g/mol. The number of nitrogens with one attached hydrogen (secondary N) is 2. The highest BCUT2D eigenvalue weighted by Gasteiger charge is 2.45. The molecule has 0 spiro atoms. The molecule has 0 aromatic heterocycles. The van der Waals surface area contributed by atoms with Crippen molar-refractivity contribution in [2.75, 3.05) is 19.8 Å². The molecule has 2 amide bonds. The van der Waals surface area contributed by atoms with Gasteiger partial charge in [0.1, 0.15) is 18.2 Å². The van der Waals surface area contributed by atoms with Gasteiger partial charge in [-0.1, -0.05) is 55.5 Å². The molecule has 0 radical (unpaired) electrons. The molecule has 0 saturated carbocycles. The monoisotopic (exact) mass is 438 g/mol. The Morgan fingerprint density at radius 1 is 1.12 bits per heavy atom. The third-order valence-corrected chi connectivity index (χ3v) is 6.15. The molecule has 2 atom stereocenters. The van der Waals surface area contributed by atoms with Crippen LogP contribution in [0, 0.1) is 0 Å². The van der Waals surface area contributed by atoms with Gasteiger partial charge in [-0.15, -0.1) is 0 Å². The second kappa shape index (κ2) is 9.00. The van der Waals surface area contributed by atoms with E-state index in [9.17, 15) is 19.5 Å². The second-order valence-corrected chi connectivity index (χ2v) is 8.11. The lowest BCUT2D eigenvalue weighted by molar-refractivity contribution is -0.143. The molecule has 1 aliphatic heterocycles. The number of alkyl carbamates (subject to hydrolysis) is 1. The number of hydrogen-bond donors (Lipinski definition) is 3. The van der Waals surface area contributed by atoms with Gasteiger partial charge in [0.2, 0.25) is 5.91 Å². The van der Waals surface area contributed by atoms with Crippen molar-refractivity contribution in [3.63, 3.8) is 0 Å². The topological polar surface area (TPSA) is 114 Å². The lowest BCUT2D eigenvalue weighted by Gasteiger charge is -2.28. The highest BCUT2D eigenvalue weighted by Crippen LogP contribution is 2.44. The summed E-state index contributed by atoms with van der Waals surface area (Å²) in [5.74, 6) is -1.82. The second-order valence-electron chi connectivity index (χ2n) is 8.11. The number of carboxylic acid groups (broad SMARTS) is 1. The smallest absolute Gasteiger partial charge is 0.408 e. The zero-order valence-corrected chi connectivity index (χ0v) is 17.8. The van der Waals surface area contributed by atoms with Crippen molar-refractivity contribution >= 4 is 18.0 Å². The summed E-state index contributed by atoms with van der Waals surface area (Å²) in [5, 5.41) is 14.4. The zero-order valence-electron chi connectivity index (χ0n) is 17.8. The van der Waals surface area contributed by atoms with Gasteiger partial charge in [0.25, 0.3) is 0 Å². The van der Waals surface area contributed by atoms with Crippen molar-refractivity contribution in [3.8, 4) is 11.1 Å². The van der Waals surface area contributed by atoms with Gasteiger partial charge in [0.15, 0.2) is 0 Å². The standard InChI is InChI=1S/C24H26N2O6/c1-2-20(21(27)28)25-22(29)24(11-12-31-14-24)26-23(30)32-13-19-17-9-5-3-7-15(17)16-8-4-6-10-18(16)19/h3-10,19-20H,2,11-14H2,1H3,(H,25,29)(H,26,30)(H,27,28)/t20-,24?/m1/s1. The number of carboxylic acids is 1. The minimum Gasteiger partial charge on any atom is -0.480 e. The van der Waals surface area contributed by atoms with Crippen LogP contribution in [0.15, 0.2) is 48.5 Å². The van der Waals surface area contributed by atoms with Gasteiger partial charge in [-0.05, 0) is 28.7 Å². The van der Waals surface area contributed by atoms with Crippen LogP contribution in [-0.4, -0.2) is 54.5 Å². The normalized spacial score (nSPS) is 20.2. The molecule has 1 saturated heterocycles. The van der Waals surface area contributed by atoms with Crippen molar-refractivity contribution in [2.24, 2.45) is 0 Å². The SMILES string of the molecule is CC[C@@H](NC(=O)C1(NC(=O)OCC2c3ccccc3-c3ccccc32)CCOC1)C(=O)O. The highest BCUT2D eigenvalue weighted by atomic mass is 16.6. The van der Waals surface area contributed by atoms with E-state index < -0.39 is 29.6 Å². The van der Waals surface area contributed by atoms with E-state index in [0.717, 1.165) is 22.3 Å². The molecule has 1 unspecified atom stereocenters. The number of hydrogen-bond acceptors (Lipinski definition) is 5. The number of carbonyl (C=O) groups excluding carboxylic acids is 2. The summed E-state index contributed by atoms with van der Waals surface area (Å²) < 4.78 is 10.9. The number of fused-ring (bicyclic) bond motifs is 3. The van der Waals surface area contributed by atoms with Crippen LogP contribution in [0.4, 0.5) is 4.79 Å². The lowest BCUT2D eigenvalue weighted by atomic mass is 9.97. The molecule has 8 nitrogen and oxygen atoms in total. The molecule has 2 aromatic carbocycles. The van der Waals surface area contributed by atoms with E-state index in [1.807, 2.05) is 36.4 Å². The van der Waals surface area contributed by atoms with Gasteiger partial charge < -0.3 is 25.2 Å². The van der Waals surface area contributed by atoms with Crippen molar-refractivity contribution in [2.45, 2.75) is 37.3 Å². The van der Waals surface area contributed by atoms with Crippen LogP contribution in [0.3, 0.4) is 0 Å². The number of amides is 2. The van der Waals surface area contributed by atoms with Crippen LogP contribution in [0.1, 0.15) is 36.8 Å². The number of aliphatic carboxylic acids is 1. The molecule has 4 rings (SSSR count). The van der Waals surface area contributed by atoms with Crippen LogP contribution in [0.2, 0.25) is 0 Å². The minimum atomic E-state index is -1.36. The summed E-state index contributed by atoms with van der Waals surface area (Å²) in [6, 6.07) is 15.0. The Hall–Kier alpha value is -3.39. The summed E-state index contributed by atoms with van der Waals surface area (Å²) in [7, 11) is 0. The van der Waals surface area contributed by atoms with Gasteiger partial charge in [0, 0.05) is 18.9 Å². The molecule has 0 bridgehead atoms. The van der Waals surface area contributed by atoms with Crippen LogP contribution in [0.25, 0.3) is 11.1 Å². The molecule has 1 heterocycles. The van der Waals surface area contributed by atoms with E-state index in [1.54, 1.807) is 6.92 Å². The largest absolute Gasteiger partial charge is 0.480 e. The van der Waals surface area contributed by atoms with Crippen molar-refractivity contribution in [1.29, 1.82) is 0 Å². The maximum absolute atomic E-state index is 12.8. The first kappa shape index (κ1) is 21.8. The molecule has 8 heteroatoms. The molecular formula is C24H26N2O6. The first-order valence-electron chi connectivity index (χ1n) is 10.7. The summed E-state index contributed by atoms with van der Waals surface area (Å²) in [4.78, 5) is 36.8. The maximum Gasteiger partial charge on any atom is 0.408 e. The first-order valence-corrected chi connectivity index (χ1v) is 10.7. The summed E-state index contributed by atoms with van der Waals surface area (Å²) >= 11 is 0. The van der Waals surface area contributed by atoms with Crippen LogP contribution in [0.5, 0.6) is 0 Å². The molecule has 168 valence electrons. The Morgan fingerprint density at radius 3 is 2.28 bits per heavy atom. The number of rotatable bonds is 7. The van der Waals surface area contributed by atoms with Crippen molar-refractivity contribution in [1.82, 2.24) is 10.6 Å². The number of benzene rings is 2. The van der Waals surface area contributed by atoms with Gasteiger partial charge in [-0.2, -0.15) is 0 Å². The van der Waals surface area contributed by atoms with E-state index in [2.05, 4.69) is 22.8 Å². The van der Waals surface area contributed by atoms with Crippen molar-refractivity contribution < 1.29 is 29.0 Å². The summed E-state index contributed by atoms with van der Waals surface area (Å²) in [6.45, 7) is 2.01. The van der Waals surface area contributed by atoms with E-state index in [-0.39, 0.29) is 38.6 Å². The molecule has 1 aliphatic carbocycles. The Kier molecular flexibility index (Phi) is 6.14. The van der Waals surface area contributed by atoms with Crippen molar-refractivity contribution in [3.05, 3.63) is 59.7 Å². The fourth-order valence-electron chi connectivity index (χ4n) is 4.36. The maximum atomic E-state index is 12.8. The van der Waals surface area contributed by atoms with Crippen LogP contribution < -0.4 is 10.6 Å². The summed E-state index contributed by atoms with van der Waals surface area (Å²) in [5.41, 5.74) is 3.06. The van der Waals surface area contributed by atoms with Crippen LogP contribution in [-0.2, 0) is 19.1 Å². The fraction of sp³-hybridized carbons (Fsp3) is 0.375. The Morgan fingerprint density at radius 2 is 1.75 bits per heavy atom. The highest BCUT2D eigenvalue weighted by molar-refractivity contribution is 5.93. The minimum absolute atomic E-state index is 0.0426. The molecule has 2 aliphatic rings. The Bertz CT molecular complexity index is 985. The van der Waals surface area contributed by atoms with Gasteiger partial charge in [0.05, 0.1) is 6.61 Å². The van der Waals surface area contributed by atoms with E-state index in [0.29, 0.717) is 0 Å². The molecule has 3 N–H and O–H groups in total. The quantitative estimate of drug-likeness (QED) is 0.612. The first-order chi connectivity index (χ1) is 15.4. The van der Waals surface area contributed by atoms with Gasteiger partial charge in [-0.25, -0.2) is 9.59 Å². The molecular weight excluding hydrogens is 412 g/mol. The van der Waals surface area contributed by atoms with E-state index >= 15 is 0 Å². The van der Waals surface area contributed by atoms with Crippen LogP contribution >= 0.6 is 0 Å². The fourth-order valence-corrected chi connectivity index (χ4v) is 4.36. The predicted octanol–water partition coefficient (Wildman–Crippen LogP) is 2.66. The Balaban J connectivity index is 1.45. The van der Waals surface area contributed by atoms with Gasteiger partial charge >= 0.3 is 12.1 Å². The summed E-state index contributed by atoms with van der Waals surface area (Å²) in [6.07, 6.45) is -0.280. The van der Waals surface area contributed by atoms with Gasteiger partial charge in [-0.3, -0.25) is 4.79 Å². The predicted molar refractivity (Wildman–Crippen MR) is 116 cm³/mol. The third kappa shape index (κ3) is 4.05. The number of ether oxygens (including phenoxy) is 2. The molecule has 2 aromatic rings. The van der Waals surface area contributed by atoms with E-state index in [1.165, 1.54) is 0 Å².